The van der Waals surface area contributed by atoms with Gasteiger partial charge in [-0.05, 0) is 35.8 Å². The van der Waals surface area contributed by atoms with Crippen LogP contribution in [0.2, 0.25) is 0 Å². The van der Waals surface area contributed by atoms with E-state index in [1.165, 1.54) is 11.6 Å². The number of rotatable bonds is 7. The SMILES string of the molecule is N#CCCN(CCc1ccccc1)C(=S)NC(=O)/C=C/c1ccccc1. The van der Waals surface area contributed by atoms with Crippen LogP contribution in [0.15, 0.2) is 66.7 Å². The molecule has 4 nitrogen and oxygen atoms in total. The van der Waals surface area contributed by atoms with E-state index in [1.54, 1.807) is 6.08 Å². The normalized spacial score (nSPS) is 10.3. The first kappa shape index (κ1) is 19.4. The molecule has 0 bridgehead atoms. The van der Waals surface area contributed by atoms with Crippen molar-refractivity contribution in [2.45, 2.75) is 12.8 Å². The fourth-order valence-corrected chi connectivity index (χ4v) is 2.65. The van der Waals surface area contributed by atoms with Gasteiger partial charge in [0.15, 0.2) is 5.11 Å². The van der Waals surface area contributed by atoms with Crippen LogP contribution in [0.1, 0.15) is 17.5 Å². The van der Waals surface area contributed by atoms with E-state index < -0.39 is 0 Å². The Labute approximate surface area is 159 Å². The maximum atomic E-state index is 12.1. The second-order valence-electron chi connectivity index (χ2n) is 5.67. The van der Waals surface area contributed by atoms with E-state index in [0.29, 0.717) is 24.6 Å². The number of nitrogens with zero attached hydrogens (tertiary/aromatic N) is 2. The van der Waals surface area contributed by atoms with Gasteiger partial charge in [-0.1, -0.05) is 60.7 Å². The second kappa shape index (κ2) is 10.8. The van der Waals surface area contributed by atoms with Gasteiger partial charge in [-0.3, -0.25) is 10.1 Å². The molecule has 1 N–H and O–H groups in total. The van der Waals surface area contributed by atoms with Gasteiger partial charge in [0.2, 0.25) is 5.91 Å². The predicted molar refractivity (Wildman–Crippen MR) is 108 cm³/mol. The van der Waals surface area contributed by atoms with Crippen LogP contribution in [-0.4, -0.2) is 29.0 Å². The summed E-state index contributed by atoms with van der Waals surface area (Å²) < 4.78 is 0. The van der Waals surface area contributed by atoms with E-state index in [2.05, 4.69) is 11.4 Å². The smallest absolute Gasteiger partial charge is 0.250 e. The summed E-state index contributed by atoms with van der Waals surface area (Å²) in [5.74, 6) is -0.277. The zero-order valence-corrected chi connectivity index (χ0v) is 15.3. The quantitative estimate of drug-likeness (QED) is 0.604. The molecule has 0 unspecified atom stereocenters. The number of benzene rings is 2. The second-order valence-corrected chi connectivity index (χ2v) is 6.06. The summed E-state index contributed by atoms with van der Waals surface area (Å²) >= 11 is 5.36. The van der Waals surface area contributed by atoms with Crippen molar-refractivity contribution < 1.29 is 4.79 Å². The van der Waals surface area contributed by atoms with Gasteiger partial charge >= 0.3 is 0 Å². The molecule has 0 fully saturated rings. The van der Waals surface area contributed by atoms with Crippen molar-refractivity contribution in [1.29, 1.82) is 5.26 Å². The third-order valence-corrected chi connectivity index (χ3v) is 4.11. The molecule has 0 radical (unpaired) electrons. The number of nitrogens with one attached hydrogen (secondary N) is 1. The molecule has 0 atom stereocenters. The van der Waals surface area contributed by atoms with E-state index in [1.807, 2.05) is 65.6 Å². The highest BCUT2D eigenvalue weighted by atomic mass is 32.1. The van der Waals surface area contributed by atoms with Crippen molar-refractivity contribution in [2.75, 3.05) is 13.1 Å². The zero-order chi connectivity index (χ0) is 18.6. The fraction of sp³-hybridized carbons (Fsp3) is 0.190. The fourth-order valence-electron chi connectivity index (χ4n) is 2.37. The highest BCUT2D eigenvalue weighted by Crippen LogP contribution is 2.04. The number of nitriles is 1. The average molecular weight is 363 g/mol. The van der Waals surface area contributed by atoms with Crippen LogP contribution in [0.5, 0.6) is 0 Å². The first-order valence-corrected chi connectivity index (χ1v) is 8.84. The lowest BCUT2D eigenvalue weighted by Gasteiger charge is -2.24. The number of hydrogen-bond acceptors (Lipinski definition) is 3. The molecule has 132 valence electrons. The molecule has 0 aromatic heterocycles. The van der Waals surface area contributed by atoms with E-state index >= 15 is 0 Å². The summed E-state index contributed by atoms with van der Waals surface area (Å²) in [7, 11) is 0. The summed E-state index contributed by atoms with van der Waals surface area (Å²) in [5.41, 5.74) is 2.13. The number of thiocarbonyl (C=S) groups is 1. The van der Waals surface area contributed by atoms with Crippen molar-refractivity contribution in [2.24, 2.45) is 0 Å². The van der Waals surface area contributed by atoms with Crippen LogP contribution in [0.4, 0.5) is 0 Å². The maximum absolute atomic E-state index is 12.1. The predicted octanol–water partition coefficient (Wildman–Crippen LogP) is 3.56. The molecule has 0 saturated carbocycles. The van der Waals surface area contributed by atoms with Gasteiger partial charge in [0, 0.05) is 19.2 Å². The van der Waals surface area contributed by atoms with E-state index in [9.17, 15) is 4.79 Å². The van der Waals surface area contributed by atoms with Crippen molar-refractivity contribution in [3.8, 4) is 6.07 Å². The van der Waals surface area contributed by atoms with Gasteiger partial charge in [-0.15, -0.1) is 0 Å². The molecular weight excluding hydrogens is 342 g/mol. The van der Waals surface area contributed by atoms with Crippen LogP contribution < -0.4 is 5.32 Å². The van der Waals surface area contributed by atoms with Crippen LogP contribution in [0, 0.1) is 11.3 Å². The third-order valence-electron chi connectivity index (χ3n) is 3.75. The summed E-state index contributed by atoms with van der Waals surface area (Å²) in [5, 5.41) is 11.9. The van der Waals surface area contributed by atoms with Gasteiger partial charge in [0.25, 0.3) is 0 Å². The Bertz CT molecular complexity index is 782. The third kappa shape index (κ3) is 6.88. The first-order chi connectivity index (χ1) is 12.7. The van der Waals surface area contributed by atoms with Crippen LogP contribution >= 0.6 is 12.2 Å². The van der Waals surface area contributed by atoms with Crippen molar-refractivity contribution in [3.05, 3.63) is 77.9 Å². The Balaban J connectivity index is 1.91. The molecule has 1 amide bonds. The van der Waals surface area contributed by atoms with Gasteiger partial charge < -0.3 is 4.90 Å². The molecule has 2 aromatic carbocycles. The lowest BCUT2D eigenvalue weighted by molar-refractivity contribution is -0.115. The minimum Gasteiger partial charge on any atom is -0.348 e. The number of amides is 1. The van der Waals surface area contributed by atoms with Gasteiger partial charge in [-0.25, -0.2) is 0 Å². The highest BCUT2D eigenvalue weighted by Gasteiger charge is 2.11. The minimum absolute atomic E-state index is 0.277. The number of carbonyl (C=O) groups excluding carboxylic acids is 1. The lowest BCUT2D eigenvalue weighted by Crippen LogP contribution is -2.43. The van der Waals surface area contributed by atoms with Gasteiger partial charge in [0.05, 0.1) is 12.5 Å². The molecule has 2 aromatic rings. The van der Waals surface area contributed by atoms with E-state index in [-0.39, 0.29) is 5.91 Å². The standard InChI is InChI=1S/C21H21N3OS/c22-15-7-16-24(17-14-19-10-5-2-6-11-19)21(26)23-20(25)13-12-18-8-3-1-4-9-18/h1-6,8-13H,7,14,16-17H2,(H,23,25,26)/b13-12+. The van der Waals surface area contributed by atoms with Crippen LogP contribution in [0.3, 0.4) is 0 Å². The topological polar surface area (TPSA) is 56.1 Å². The van der Waals surface area contributed by atoms with Crippen LogP contribution in [0.25, 0.3) is 6.08 Å². The Morgan fingerprint density at radius 3 is 2.38 bits per heavy atom. The Hall–Kier alpha value is -2.97. The maximum Gasteiger partial charge on any atom is 0.250 e. The van der Waals surface area contributed by atoms with Gasteiger partial charge in [0.1, 0.15) is 0 Å². The molecular formula is C21H21N3OS. The largest absolute Gasteiger partial charge is 0.348 e. The molecule has 0 aliphatic rings. The molecule has 0 spiro atoms. The van der Waals surface area contributed by atoms with Gasteiger partial charge in [-0.2, -0.15) is 5.26 Å². The number of carbonyl (C=O) groups is 1. The molecule has 0 aliphatic carbocycles. The van der Waals surface area contributed by atoms with E-state index in [4.69, 9.17) is 17.5 Å². The van der Waals surface area contributed by atoms with E-state index in [0.717, 1.165) is 12.0 Å². The summed E-state index contributed by atoms with van der Waals surface area (Å²) in [6, 6.07) is 21.8. The van der Waals surface area contributed by atoms with Crippen molar-refractivity contribution in [3.63, 3.8) is 0 Å². The summed E-state index contributed by atoms with van der Waals surface area (Å²) in [4.78, 5) is 14.0. The first-order valence-electron chi connectivity index (χ1n) is 8.43. The lowest BCUT2D eigenvalue weighted by atomic mass is 10.1. The monoisotopic (exact) mass is 363 g/mol. The number of hydrogen-bond donors (Lipinski definition) is 1. The Morgan fingerprint density at radius 1 is 1.08 bits per heavy atom. The minimum atomic E-state index is -0.277. The van der Waals surface area contributed by atoms with Crippen molar-refractivity contribution >= 4 is 29.3 Å². The Kier molecular flexibility index (Phi) is 8.04. The molecule has 2 rings (SSSR count). The molecule has 0 saturated heterocycles. The molecule has 0 aliphatic heterocycles. The summed E-state index contributed by atoms with van der Waals surface area (Å²) in [6.45, 7) is 1.14. The summed E-state index contributed by atoms with van der Waals surface area (Å²) in [6.07, 6.45) is 4.34. The zero-order valence-electron chi connectivity index (χ0n) is 14.5. The molecule has 5 heteroatoms. The average Bonchev–Trinajstić information content (AvgIpc) is 2.68. The Morgan fingerprint density at radius 2 is 1.73 bits per heavy atom. The van der Waals surface area contributed by atoms with Crippen LogP contribution in [-0.2, 0) is 11.2 Å². The molecule has 0 heterocycles. The highest BCUT2D eigenvalue weighted by molar-refractivity contribution is 7.80. The molecule has 26 heavy (non-hydrogen) atoms. The van der Waals surface area contributed by atoms with Crippen molar-refractivity contribution in [1.82, 2.24) is 10.2 Å².